The molecule has 0 aromatic rings. The van der Waals surface area contributed by atoms with E-state index in [1.165, 1.54) is 65.2 Å². The molecule has 0 amide bonds. The first-order chi connectivity index (χ1) is 24.9. The van der Waals surface area contributed by atoms with Crippen LogP contribution in [-0.4, -0.2) is 126 Å². The molecular formula is C41H80N2O9. The highest BCUT2D eigenvalue weighted by atomic mass is 16.7. The van der Waals surface area contributed by atoms with Crippen LogP contribution >= 0.6 is 0 Å². The van der Waals surface area contributed by atoms with Crippen molar-refractivity contribution < 1.29 is 43.9 Å². The lowest BCUT2D eigenvalue weighted by Crippen LogP contribution is -2.57. The predicted octanol–water partition coefficient (Wildman–Crippen LogP) is 6.63. The summed E-state index contributed by atoms with van der Waals surface area (Å²) in [5.41, 5.74) is 0. The molecule has 11 heteroatoms. The molecule has 1 heterocycles. The Bertz CT molecular complexity index is 894. The third kappa shape index (κ3) is 22.8. The minimum absolute atomic E-state index is 0.174. The number of carbonyl (C=O) groups is 2. The second-order valence-electron chi connectivity index (χ2n) is 15.4. The molecule has 1 aliphatic heterocycles. The number of rotatable bonds is 32. The van der Waals surface area contributed by atoms with E-state index in [9.17, 15) is 24.9 Å². The highest BCUT2D eigenvalue weighted by Gasteiger charge is 2.47. The summed E-state index contributed by atoms with van der Waals surface area (Å²) in [4.78, 5) is 28.4. The number of aliphatic hydroxyl groups excluding tert-OH is 3. The number of nitrogens with zero attached hydrogens (tertiary/aromatic N) is 2. The zero-order valence-electron chi connectivity index (χ0n) is 34.3. The standard InChI is InChI=1S/C41H80N2O9/c1-8-11-13-15-17-19-23-36(47)30-42(25-21-26-43(29-32(4)44)31-37(48)24-20-18-16-14-12-9-2)27-22-28-49-41-40(51-35(7)46)39(50-34(6)45)33(5)38(10-3)52-41/h32-33,36-41,44,47-48H,8-31H2,1-7H3. The molecule has 52 heavy (non-hydrogen) atoms. The van der Waals surface area contributed by atoms with Crippen molar-refractivity contribution in [3.8, 4) is 0 Å². The summed E-state index contributed by atoms with van der Waals surface area (Å²) in [6, 6.07) is 0. The summed E-state index contributed by atoms with van der Waals surface area (Å²) in [5, 5.41) is 32.0. The van der Waals surface area contributed by atoms with Crippen molar-refractivity contribution in [3.05, 3.63) is 0 Å². The van der Waals surface area contributed by atoms with Crippen molar-refractivity contribution in [1.82, 2.24) is 9.80 Å². The van der Waals surface area contributed by atoms with Gasteiger partial charge in [-0.1, -0.05) is 105 Å². The van der Waals surface area contributed by atoms with Gasteiger partial charge in [-0.25, -0.2) is 0 Å². The lowest BCUT2D eigenvalue weighted by atomic mass is 9.89. The summed E-state index contributed by atoms with van der Waals surface area (Å²) >= 11 is 0. The van der Waals surface area contributed by atoms with Gasteiger partial charge in [0.25, 0.3) is 0 Å². The van der Waals surface area contributed by atoms with Gasteiger partial charge >= 0.3 is 11.9 Å². The van der Waals surface area contributed by atoms with E-state index >= 15 is 0 Å². The molecule has 3 N–H and O–H groups in total. The topological polar surface area (TPSA) is 138 Å². The molecule has 0 spiro atoms. The number of carbonyl (C=O) groups excluding carboxylic acids is 2. The van der Waals surface area contributed by atoms with Crippen molar-refractivity contribution in [2.45, 2.75) is 201 Å². The Labute approximate surface area is 317 Å². The van der Waals surface area contributed by atoms with E-state index in [4.69, 9.17) is 18.9 Å². The van der Waals surface area contributed by atoms with E-state index in [2.05, 4.69) is 23.6 Å². The summed E-state index contributed by atoms with van der Waals surface area (Å²) in [5.74, 6) is -1.11. The quantitative estimate of drug-likeness (QED) is 0.0506. The molecule has 0 radical (unpaired) electrons. The maximum Gasteiger partial charge on any atom is 0.303 e. The van der Waals surface area contributed by atoms with Gasteiger partial charge in [-0.15, -0.1) is 0 Å². The monoisotopic (exact) mass is 745 g/mol. The highest BCUT2D eigenvalue weighted by Crippen LogP contribution is 2.32. The van der Waals surface area contributed by atoms with Gasteiger partial charge in [-0.3, -0.25) is 14.5 Å². The molecule has 11 nitrogen and oxygen atoms in total. The van der Waals surface area contributed by atoms with Crippen molar-refractivity contribution in [2.75, 3.05) is 45.9 Å². The highest BCUT2D eigenvalue weighted by molar-refractivity contribution is 5.67. The smallest absolute Gasteiger partial charge is 0.303 e. The van der Waals surface area contributed by atoms with E-state index in [-0.39, 0.29) is 12.0 Å². The molecule has 0 bridgehead atoms. The lowest BCUT2D eigenvalue weighted by molar-refractivity contribution is -0.290. The van der Waals surface area contributed by atoms with Gasteiger partial charge in [0.15, 0.2) is 12.4 Å². The van der Waals surface area contributed by atoms with E-state index in [0.29, 0.717) is 45.6 Å². The van der Waals surface area contributed by atoms with Crippen LogP contribution in [0.15, 0.2) is 0 Å². The predicted molar refractivity (Wildman–Crippen MR) is 207 cm³/mol. The lowest BCUT2D eigenvalue weighted by Gasteiger charge is -2.44. The molecular weight excluding hydrogens is 664 g/mol. The Morgan fingerprint density at radius 2 is 1.13 bits per heavy atom. The fourth-order valence-corrected chi connectivity index (χ4v) is 7.35. The SMILES string of the molecule is CCCCCCCCC(O)CN(CCCOC1OC(CC)C(C)C(OC(C)=O)C1OC(C)=O)CCCN(CC(C)O)CC(O)CCCCCCCC. The molecule has 1 saturated heterocycles. The van der Waals surface area contributed by atoms with E-state index in [1.807, 2.05) is 13.8 Å². The first-order valence-electron chi connectivity index (χ1n) is 21.0. The molecule has 0 saturated carbocycles. The summed E-state index contributed by atoms with van der Waals surface area (Å²) in [6.07, 6.45) is 14.0. The number of aliphatic hydroxyl groups is 3. The number of hydrogen-bond donors (Lipinski definition) is 3. The zero-order valence-corrected chi connectivity index (χ0v) is 34.3. The molecule has 1 rings (SSSR count). The van der Waals surface area contributed by atoms with Crippen LogP contribution in [0, 0.1) is 5.92 Å². The van der Waals surface area contributed by atoms with Crippen LogP contribution < -0.4 is 0 Å². The van der Waals surface area contributed by atoms with E-state index in [0.717, 1.165) is 58.0 Å². The zero-order chi connectivity index (χ0) is 38.7. The van der Waals surface area contributed by atoms with Gasteiger partial charge in [0.05, 0.1) is 31.0 Å². The van der Waals surface area contributed by atoms with Gasteiger partial charge in [0, 0.05) is 45.9 Å². The largest absolute Gasteiger partial charge is 0.458 e. The maximum atomic E-state index is 12.0. The number of ether oxygens (including phenoxy) is 4. The second-order valence-corrected chi connectivity index (χ2v) is 15.4. The average Bonchev–Trinajstić information content (AvgIpc) is 3.07. The normalized spacial score (nSPS) is 22.4. The van der Waals surface area contributed by atoms with Crippen LogP contribution in [0.4, 0.5) is 0 Å². The third-order valence-electron chi connectivity index (χ3n) is 10.1. The second kappa shape index (κ2) is 29.9. The van der Waals surface area contributed by atoms with Crippen LogP contribution in [0.1, 0.15) is 158 Å². The van der Waals surface area contributed by atoms with Crippen LogP contribution in [0.2, 0.25) is 0 Å². The fourth-order valence-electron chi connectivity index (χ4n) is 7.35. The Kier molecular flexibility index (Phi) is 28.0. The molecule has 1 aliphatic rings. The number of hydrogen-bond acceptors (Lipinski definition) is 11. The summed E-state index contributed by atoms with van der Waals surface area (Å²) in [7, 11) is 0. The van der Waals surface area contributed by atoms with Crippen LogP contribution in [0.3, 0.4) is 0 Å². The summed E-state index contributed by atoms with van der Waals surface area (Å²) < 4.78 is 23.7. The fraction of sp³-hybridized carbons (Fsp3) is 0.951. The molecule has 0 aromatic carbocycles. The average molecular weight is 745 g/mol. The Balaban J connectivity index is 2.83. The molecule has 308 valence electrons. The van der Waals surface area contributed by atoms with Crippen molar-refractivity contribution >= 4 is 11.9 Å². The van der Waals surface area contributed by atoms with Crippen molar-refractivity contribution in [1.29, 1.82) is 0 Å². The number of unbranched alkanes of at least 4 members (excludes halogenated alkanes) is 10. The molecule has 8 atom stereocenters. The van der Waals surface area contributed by atoms with Gasteiger partial charge in [0.1, 0.15) is 6.10 Å². The van der Waals surface area contributed by atoms with Gasteiger partial charge < -0.3 is 39.2 Å². The van der Waals surface area contributed by atoms with Crippen molar-refractivity contribution in [2.24, 2.45) is 5.92 Å². The van der Waals surface area contributed by atoms with Gasteiger partial charge in [-0.05, 0) is 52.1 Å². The van der Waals surface area contributed by atoms with E-state index < -0.39 is 48.7 Å². The van der Waals surface area contributed by atoms with Crippen LogP contribution in [0.5, 0.6) is 0 Å². The van der Waals surface area contributed by atoms with Crippen LogP contribution in [-0.2, 0) is 28.5 Å². The Hall–Kier alpha value is -1.34. The minimum atomic E-state index is -0.870. The molecule has 8 unspecified atom stereocenters. The Morgan fingerprint density at radius 1 is 0.654 bits per heavy atom. The van der Waals surface area contributed by atoms with Crippen molar-refractivity contribution in [3.63, 3.8) is 0 Å². The van der Waals surface area contributed by atoms with Gasteiger partial charge in [-0.2, -0.15) is 0 Å². The Morgan fingerprint density at radius 3 is 1.65 bits per heavy atom. The first-order valence-corrected chi connectivity index (χ1v) is 21.0. The molecule has 0 aromatic heterocycles. The minimum Gasteiger partial charge on any atom is -0.458 e. The third-order valence-corrected chi connectivity index (χ3v) is 10.1. The first kappa shape index (κ1) is 48.7. The van der Waals surface area contributed by atoms with E-state index in [1.54, 1.807) is 6.92 Å². The molecule has 0 aliphatic carbocycles. The summed E-state index contributed by atoms with van der Waals surface area (Å²) in [6.45, 7) is 17.0. The molecule has 1 fully saturated rings. The van der Waals surface area contributed by atoms with Crippen LogP contribution in [0.25, 0.3) is 0 Å². The van der Waals surface area contributed by atoms with Gasteiger partial charge in [0.2, 0.25) is 0 Å². The number of esters is 2. The maximum absolute atomic E-state index is 12.0.